The molecule has 0 fully saturated rings. The quantitative estimate of drug-likeness (QED) is 0.787. The lowest BCUT2D eigenvalue weighted by atomic mass is 9.82. The SMILES string of the molecule is CC(=O)c1ccc2c(c1)CC1(C2)Cc2ccc(C(C)=O)cc2C1. The van der Waals surface area contributed by atoms with Crippen LogP contribution in [0.4, 0.5) is 0 Å². The van der Waals surface area contributed by atoms with Crippen molar-refractivity contribution in [3.05, 3.63) is 69.8 Å². The number of Topliss-reactive ketones (excluding diaryl/α,β-unsaturated/α-hetero) is 2. The summed E-state index contributed by atoms with van der Waals surface area (Å²) in [5, 5.41) is 0. The van der Waals surface area contributed by atoms with E-state index in [4.69, 9.17) is 0 Å². The maximum Gasteiger partial charge on any atom is 0.159 e. The van der Waals surface area contributed by atoms with Crippen LogP contribution in [0.1, 0.15) is 56.8 Å². The molecule has 0 N–H and O–H groups in total. The van der Waals surface area contributed by atoms with Gasteiger partial charge in [0.25, 0.3) is 0 Å². The van der Waals surface area contributed by atoms with E-state index in [0.29, 0.717) is 0 Å². The van der Waals surface area contributed by atoms with Crippen molar-refractivity contribution >= 4 is 11.6 Å². The molecule has 0 atom stereocenters. The molecule has 0 bridgehead atoms. The van der Waals surface area contributed by atoms with Gasteiger partial charge in [-0.25, -0.2) is 0 Å². The fraction of sp³-hybridized carbons (Fsp3) is 0.333. The molecule has 0 saturated carbocycles. The Labute approximate surface area is 136 Å². The number of carbonyl (C=O) groups is 2. The topological polar surface area (TPSA) is 34.1 Å². The van der Waals surface area contributed by atoms with Crippen molar-refractivity contribution in [2.45, 2.75) is 39.5 Å². The van der Waals surface area contributed by atoms with Crippen LogP contribution in [0.2, 0.25) is 0 Å². The van der Waals surface area contributed by atoms with E-state index >= 15 is 0 Å². The number of ketones is 2. The number of hydrogen-bond acceptors (Lipinski definition) is 2. The number of fused-ring (bicyclic) bond motifs is 2. The molecular weight excluding hydrogens is 284 g/mol. The second kappa shape index (κ2) is 4.89. The van der Waals surface area contributed by atoms with E-state index in [9.17, 15) is 9.59 Å². The van der Waals surface area contributed by atoms with E-state index < -0.39 is 0 Å². The fourth-order valence-corrected chi connectivity index (χ4v) is 4.35. The highest BCUT2D eigenvalue weighted by atomic mass is 16.1. The van der Waals surface area contributed by atoms with Gasteiger partial charge in [0.15, 0.2) is 11.6 Å². The van der Waals surface area contributed by atoms with Gasteiger partial charge in [0.1, 0.15) is 0 Å². The molecule has 2 nitrogen and oxygen atoms in total. The zero-order valence-corrected chi connectivity index (χ0v) is 13.6. The molecule has 116 valence electrons. The predicted octanol–water partition coefficient (Wildman–Crippen LogP) is 3.98. The molecule has 23 heavy (non-hydrogen) atoms. The van der Waals surface area contributed by atoms with E-state index in [-0.39, 0.29) is 17.0 Å². The number of benzene rings is 2. The third kappa shape index (κ3) is 2.33. The minimum Gasteiger partial charge on any atom is -0.295 e. The molecule has 0 heterocycles. The van der Waals surface area contributed by atoms with Crippen LogP contribution in [0.15, 0.2) is 36.4 Å². The summed E-state index contributed by atoms with van der Waals surface area (Å²) in [7, 11) is 0. The smallest absolute Gasteiger partial charge is 0.159 e. The van der Waals surface area contributed by atoms with Gasteiger partial charge < -0.3 is 0 Å². The highest BCUT2D eigenvalue weighted by Gasteiger charge is 2.42. The van der Waals surface area contributed by atoms with E-state index in [2.05, 4.69) is 24.3 Å². The van der Waals surface area contributed by atoms with Gasteiger partial charge in [-0.2, -0.15) is 0 Å². The van der Waals surface area contributed by atoms with Gasteiger partial charge in [-0.3, -0.25) is 9.59 Å². The van der Waals surface area contributed by atoms with Crippen LogP contribution < -0.4 is 0 Å². The molecule has 2 aliphatic carbocycles. The van der Waals surface area contributed by atoms with E-state index in [1.54, 1.807) is 13.8 Å². The molecule has 2 aliphatic rings. The van der Waals surface area contributed by atoms with Gasteiger partial charge in [0.2, 0.25) is 0 Å². The molecule has 2 aromatic rings. The fourth-order valence-electron chi connectivity index (χ4n) is 4.35. The first-order chi connectivity index (χ1) is 11.0. The molecule has 2 aromatic carbocycles. The molecule has 0 amide bonds. The van der Waals surface area contributed by atoms with Crippen molar-refractivity contribution in [1.82, 2.24) is 0 Å². The average Bonchev–Trinajstić information content (AvgIpc) is 3.03. The summed E-state index contributed by atoms with van der Waals surface area (Å²) in [6.07, 6.45) is 4.22. The Morgan fingerprint density at radius 2 is 1.09 bits per heavy atom. The highest BCUT2D eigenvalue weighted by Crippen LogP contribution is 2.47. The third-order valence-corrected chi connectivity index (χ3v) is 5.49. The predicted molar refractivity (Wildman–Crippen MR) is 90.1 cm³/mol. The monoisotopic (exact) mass is 304 g/mol. The zero-order valence-electron chi connectivity index (χ0n) is 13.6. The summed E-state index contributed by atoms with van der Waals surface area (Å²) in [6, 6.07) is 12.3. The first kappa shape index (κ1) is 14.4. The molecular formula is C21H20O2. The molecule has 0 aromatic heterocycles. The summed E-state index contributed by atoms with van der Waals surface area (Å²) in [4.78, 5) is 23.2. The maximum absolute atomic E-state index is 11.6. The Bertz CT molecular complexity index is 773. The molecule has 4 rings (SSSR count). The van der Waals surface area contributed by atoms with E-state index in [1.165, 1.54) is 22.3 Å². The van der Waals surface area contributed by atoms with Crippen molar-refractivity contribution in [2.24, 2.45) is 5.41 Å². The van der Waals surface area contributed by atoms with Gasteiger partial charge >= 0.3 is 0 Å². The summed E-state index contributed by atoms with van der Waals surface area (Å²) >= 11 is 0. The van der Waals surface area contributed by atoms with Gasteiger partial charge in [-0.05, 0) is 79.3 Å². The lowest BCUT2D eigenvalue weighted by molar-refractivity contribution is 0.100. The van der Waals surface area contributed by atoms with Crippen LogP contribution in [0.3, 0.4) is 0 Å². The van der Waals surface area contributed by atoms with Gasteiger partial charge in [-0.1, -0.05) is 24.3 Å². The van der Waals surface area contributed by atoms with Crippen LogP contribution in [-0.4, -0.2) is 11.6 Å². The zero-order chi connectivity index (χ0) is 16.2. The molecule has 2 heteroatoms. The molecule has 0 aliphatic heterocycles. The van der Waals surface area contributed by atoms with Crippen LogP contribution >= 0.6 is 0 Å². The van der Waals surface area contributed by atoms with Crippen LogP contribution in [0.25, 0.3) is 0 Å². The largest absolute Gasteiger partial charge is 0.295 e. The van der Waals surface area contributed by atoms with E-state index in [0.717, 1.165) is 36.8 Å². The first-order valence-corrected chi connectivity index (χ1v) is 8.21. The minimum atomic E-state index is 0.134. The molecule has 0 saturated heterocycles. The van der Waals surface area contributed by atoms with E-state index in [1.807, 2.05) is 12.1 Å². The van der Waals surface area contributed by atoms with Crippen molar-refractivity contribution in [2.75, 3.05) is 0 Å². The Morgan fingerprint density at radius 3 is 1.48 bits per heavy atom. The summed E-state index contributed by atoms with van der Waals surface area (Å²) < 4.78 is 0. The lowest BCUT2D eigenvalue weighted by Crippen LogP contribution is -2.21. The highest BCUT2D eigenvalue weighted by molar-refractivity contribution is 5.95. The minimum absolute atomic E-state index is 0.134. The normalized spacial score (nSPS) is 17.1. The maximum atomic E-state index is 11.6. The number of hydrogen-bond donors (Lipinski definition) is 0. The standard InChI is InChI=1S/C21H20O2/c1-13(22)15-3-5-17-9-21(11-19(17)7-15)10-18-6-4-16(14(2)23)8-20(18)12-21/h3-8H,9-12H2,1-2H3. The Kier molecular flexibility index (Phi) is 3.06. The van der Waals surface area contributed by atoms with Crippen molar-refractivity contribution in [3.63, 3.8) is 0 Å². The first-order valence-electron chi connectivity index (χ1n) is 8.21. The van der Waals surface area contributed by atoms with Gasteiger partial charge in [0.05, 0.1) is 0 Å². The van der Waals surface area contributed by atoms with Crippen molar-refractivity contribution in [3.8, 4) is 0 Å². The average molecular weight is 304 g/mol. The summed E-state index contributed by atoms with van der Waals surface area (Å²) in [5.74, 6) is 0.268. The van der Waals surface area contributed by atoms with Crippen LogP contribution in [0.5, 0.6) is 0 Å². The summed E-state index contributed by atoms with van der Waals surface area (Å²) in [6.45, 7) is 3.25. The summed E-state index contributed by atoms with van der Waals surface area (Å²) in [5.41, 5.74) is 7.30. The molecule has 0 radical (unpaired) electrons. The Balaban J connectivity index is 1.65. The van der Waals surface area contributed by atoms with Crippen molar-refractivity contribution in [1.29, 1.82) is 0 Å². The third-order valence-electron chi connectivity index (χ3n) is 5.49. The second-order valence-corrected chi connectivity index (χ2v) is 7.29. The molecule has 0 unspecified atom stereocenters. The number of rotatable bonds is 2. The Hall–Kier alpha value is -2.22. The van der Waals surface area contributed by atoms with Crippen LogP contribution in [0, 0.1) is 5.41 Å². The Morgan fingerprint density at radius 1 is 0.696 bits per heavy atom. The second-order valence-electron chi connectivity index (χ2n) is 7.29. The van der Waals surface area contributed by atoms with Crippen molar-refractivity contribution < 1.29 is 9.59 Å². The molecule has 1 spiro atoms. The van der Waals surface area contributed by atoms with Gasteiger partial charge in [0, 0.05) is 11.1 Å². The lowest BCUT2D eigenvalue weighted by Gasteiger charge is -2.21. The van der Waals surface area contributed by atoms with Crippen LogP contribution in [-0.2, 0) is 25.7 Å². The number of carbonyl (C=O) groups excluding carboxylic acids is 2. The van der Waals surface area contributed by atoms with Gasteiger partial charge in [-0.15, -0.1) is 0 Å².